The van der Waals surface area contributed by atoms with Crippen LogP contribution in [0.25, 0.3) is 22.8 Å². The van der Waals surface area contributed by atoms with Crippen molar-refractivity contribution in [3.8, 4) is 22.8 Å². The minimum absolute atomic E-state index is 0.312. The van der Waals surface area contributed by atoms with Crippen LogP contribution in [-0.4, -0.2) is 30.3 Å². The maximum atomic E-state index is 5.24. The van der Waals surface area contributed by atoms with Gasteiger partial charge in [-0.1, -0.05) is 35.0 Å². The van der Waals surface area contributed by atoms with E-state index >= 15 is 0 Å². The summed E-state index contributed by atoms with van der Waals surface area (Å²) in [6.45, 7) is 2.35. The van der Waals surface area contributed by atoms with Crippen molar-refractivity contribution in [1.82, 2.24) is 30.3 Å². The van der Waals surface area contributed by atoms with Gasteiger partial charge in [0.25, 0.3) is 5.89 Å². The summed E-state index contributed by atoms with van der Waals surface area (Å²) in [5.41, 5.74) is 3.03. The molecule has 0 bridgehead atoms. The van der Waals surface area contributed by atoms with E-state index in [1.54, 1.807) is 11.3 Å². The van der Waals surface area contributed by atoms with E-state index in [4.69, 9.17) is 4.52 Å². The molecule has 0 atom stereocenters. The van der Waals surface area contributed by atoms with Crippen LogP contribution in [0.15, 0.2) is 45.6 Å². The Kier molecular flexibility index (Phi) is 3.43. The standard InChI is InChI=1S/C15H12N6OS/c1-10-2-4-11(5-3-10)14-17-20-21(18-14)8-13-16-15(22-19-13)12-6-7-23-9-12/h2-7,9H,8H2,1H3. The Morgan fingerprint density at radius 3 is 2.78 bits per heavy atom. The fourth-order valence-electron chi connectivity index (χ4n) is 2.08. The van der Waals surface area contributed by atoms with Crippen LogP contribution in [0.4, 0.5) is 0 Å². The van der Waals surface area contributed by atoms with Gasteiger partial charge in [-0.3, -0.25) is 0 Å². The Labute approximate surface area is 135 Å². The molecular weight excluding hydrogens is 312 g/mol. The number of aromatic nitrogens is 6. The van der Waals surface area contributed by atoms with Crippen LogP contribution in [0.2, 0.25) is 0 Å². The highest BCUT2D eigenvalue weighted by atomic mass is 32.1. The van der Waals surface area contributed by atoms with E-state index < -0.39 is 0 Å². The monoisotopic (exact) mass is 324 g/mol. The lowest BCUT2D eigenvalue weighted by Gasteiger charge is -1.95. The molecule has 0 aliphatic carbocycles. The van der Waals surface area contributed by atoms with Gasteiger partial charge in [0, 0.05) is 10.9 Å². The molecule has 0 aliphatic heterocycles. The molecule has 0 unspecified atom stereocenters. The van der Waals surface area contributed by atoms with Gasteiger partial charge in [-0.15, -0.1) is 10.2 Å². The van der Waals surface area contributed by atoms with E-state index in [1.807, 2.05) is 48.0 Å². The quantitative estimate of drug-likeness (QED) is 0.574. The second-order valence-corrected chi connectivity index (χ2v) is 5.82. The first kappa shape index (κ1) is 13.8. The first-order valence-electron chi connectivity index (χ1n) is 6.98. The summed E-state index contributed by atoms with van der Waals surface area (Å²) in [4.78, 5) is 5.80. The van der Waals surface area contributed by atoms with Crippen LogP contribution in [-0.2, 0) is 6.54 Å². The minimum Gasteiger partial charge on any atom is -0.334 e. The molecule has 0 saturated heterocycles. The van der Waals surface area contributed by atoms with Crippen molar-refractivity contribution >= 4 is 11.3 Å². The number of nitrogens with zero attached hydrogens (tertiary/aromatic N) is 6. The van der Waals surface area contributed by atoms with Gasteiger partial charge >= 0.3 is 0 Å². The summed E-state index contributed by atoms with van der Waals surface area (Å²) in [6, 6.07) is 9.91. The van der Waals surface area contributed by atoms with E-state index in [2.05, 4.69) is 25.6 Å². The molecule has 0 fully saturated rings. The second-order valence-electron chi connectivity index (χ2n) is 5.04. The molecule has 114 valence electrons. The lowest BCUT2D eigenvalue weighted by atomic mass is 10.1. The van der Waals surface area contributed by atoms with E-state index in [-0.39, 0.29) is 0 Å². The fraction of sp³-hybridized carbons (Fsp3) is 0.133. The molecule has 4 rings (SSSR count). The molecule has 4 aromatic rings. The highest BCUT2D eigenvalue weighted by Gasteiger charge is 2.12. The molecule has 0 amide bonds. The van der Waals surface area contributed by atoms with E-state index in [9.17, 15) is 0 Å². The molecule has 0 saturated carbocycles. The number of hydrogen-bond donors (Lipinski definition) is 0. The maximum Gasteiger partial charge on any atom is 0.258 e. The molecule has 0 spiro atoms. The summed E-state index contributed by atoms with van der Waals surface area (Å²) in [5.74, 6) is 1.59. The van der Waals surface area contributed by atoms with Crippen molar-refractivity contribution in [2.24, 2.45) is 0 Å². The third-order valence-electron chi connectivity index (χ3n) is 3.28. The Bertz CT molecular complexity index is 910. The van der Waals surface area contributed by atoms with Crippen LogP contribution >= 0.6 is 11.3 Å². The molecule has 7 nitrogen and oxygen atoms in total. The zero-order valence-electron chi connectivity index (χ0n) is 12.2. The van der Waals surface area contributed by atoms with Gasteiger partial charge in [0.15, 0.2) is 5.82 Å². The average Bonchev–Trinajstić information content (AvgIpc) is 3.29. The van der Waals surface area contributed by atoms with Crippen molar-refractivity contribution in [2.45, 2.75) is 13.5 Å². The topological polar surface area (TPSA) is 82.5 Å². The third kappa shape index (κ3) is 2.88. The molecular formula is C15H12N6OS. The molecule has 8 heteroatoms. The smallest absolute Gasteiger partial charge is 0.258 e. The van der Waals surface area contributed by atoms with E-state index in [1.165, 1.54) is 10.4 Å². The van der Waals surface area contributed by atoms with E-state index in [0.717, 1.165) is 11.1 Å². The molecule has 0 radical (unpaired) electrons. The predicted octanol–water partition coefficient (Wildman–Crippen LogP) is 2.81. The highest BCUT2D eigenvalue weighted by Crippen LogP contribution is 2.20. The van der Waals surface area contributed by atoms with Crippen molar-refractivity contribution in [2.75, 3.05) is 0 Å². The number of aryl methyl sites for hydroxylation is 1. The third-order valence-corrected chi connectivity index (χ3v) is 3.96. The average molecular weight is 324 g/mol. The van der Waals surface area contributed by atoms with Gasteiger partial charge < -0.3 is 4.52 Å². The van der Waals surface area contributed by atoms with Crippen molar-refractivity contribution < 1.29 is 4.52 Å². The van der Waals surface area contributed by atoms with Crippen LogP contribution in [0.3, 0.4) is 0 Å². The van der Waals surface area contributed by atoms with Gasteiger partial charge in [0.1, 0.15) is 6.54 Å². The minimum atomic E-state index is 0.312. The maximum absolute atomic E-state index is 5.24. The summed E-state index contributed by atoms with van der Waals surface area (Å²) >= 11 is 1.58. The van der Waals surface area contributed by atoms with Crippen LogP contribution in [0, 0.1) is 6.92 Å². The van der Waals surface area contributed by atoms with Crippen LogP contribution in [0.5, 0.6) is 0 Å². The second kappa shape index (κ2) is 5.73. The molecule has 23 heavy (non-hydrogen) atoms. The molecule has 0 N–H and O–H groups in total. The molecule has 1 aromatic carbocycles. The van der Waals surface area contributed by atoms with Crippen LogP contribution < -0.4 is 0 Å². The van der Waals surface area contributed by atoms with E-state index in [0.29, 0.717) is 24.1 Å². The number of thiophene rings is 1. The highest BCUT2D eigenvalue weighted by molar-refractivity contribution is 7.08. The van der Waals surface area contributed by atoms with Gasteiger partial charge in [-0.25, -0.2) is 0 Å². The number of tetrazole rings is 1. The number of rotatable bonds is 4. The fourth-order valence-corrected chi connectivity index (χ4v) is 2.71. The van der Waals surface area contributed by atoms with Gasteiger partial charge in [-0.2, -0.15) is 21.1 Å². The summed E-state index contributed by atoms with van der Waals surface area (Å²) in [7, 11) is 0. The molecule has 3 heterocycles. The molecule has 3 aromatic heterocycles. The molecule has 0 aliphatic rings. The largest absolute Gasteiger partial charge is 0.334 e. The number of benzene rings is 1. The first-order valence-corrected chi connectivity index (χ1v) is 7.92. The lowest BCUT2D eigenvalue weighted by molar-refractivity contribution is 0.415. The summed E-state index contributed by atoms with van der Waals surface area (Å²) in [6.07, 6.45) is 0. The van der Waals surface area contributed by atoms with Crippen molar-refractivity contribution in [3.63, 3.8) is 0 Å². The van der Waals surface area contributed by atoms with Gasteiger partial charge in [0.2, 0.25) is 5.82 Å². The normalized spacial score (nSPS) is 11.0. The lowest BCUT2D eigenvalue weighted by Crippen LogP contribution is -2.05. The SMILES string of the molecule is Cc1ccc(-c2nnn(Cc3noc(-c4ccsc4)n3)n2)cc1. The van der Waals surface area contributed by atoms with Crippen molar-refractivity contribution in [1.29, 1.82) is 0 Å². The Balaban J connectivity index is 1.53. The van der Waals surface area contributed by atoms with Gasteiger partial charge in [0.05, 0.1) is 5.56 Å². The first-order chi connectivity index (χ1) is 11.3. The summed E-state index contributed by atoms with van der Waals surface area (Å²) in [5, 5.41) is 20.3. The Morgan fingerprint density at radius 2 is 2.00 bits per heavy atom. The van der Waals surface area contributed by atoms with Crippen LogP contribution in [0.1, 0.15) is 11.4 Å². The predicted molar refractivity (Wildman–Crippen MR) is 84.7 cm³/mol. The Hall–Kier alpha value is -2.87. The van der Waals surface area contributed by atoms with Gasteiger partial charge in [-0.05, 0) is 23.6 Å². The summed E-state index contributed by atoms with van der Waals surface area (Å²) < 4.78 is 5.24. The van der Waals surface area contributed by atoms with Crippen molar-refractivity contribution in [3.05, 3.63) is 52.5 Å². The zero-order valence-corrected chi connectivity index (χ0v) is 13.1. The Morgan fingerprint density at radius 1 is 1.13 bits per heavy atom. The number of hydrogen-bond acceptors (Lipinski definition) is 7. The zero-order chi connectivity index (χ0) is 15.6.